The van der Waals surface area contributed by atoms with Gasteiger partial charge in [0.1, 0.15) is 5.75 Å². The normalized spacial score (nSPS) is 15.2. The van der Waals surface area contributed by atoms with Crippen molar-refractivity contribution in [3.63, 3.8) is 0 Å². The molecule has 25 heavy (non-hydrogen) atoms. The summed E-state index contributed by atoms with van der Waals surface area (Å²) < 4.78 is 0. The molecule has 1 aliphatic carbocycles. The van der Waals surface area contributed by atoms with E-state index in [0.717, 1.165) is 22.3 Å². The smallest absolute Gasteiger partial charge is 0.131 e. The van der Waals surface area contributed by atoms with Crippen LogP contribution >= 0.6 is 0 Å². The minimum absolute atomic E-state index is 0.417. The van der Waals surface area contributed by atoms with Gasteiger partial charge in [-0.05, 0) is 35.4 Å². The molecule has 1 fully saturated rings. The van der Waals surface area contributed by atoms with Gasteiger partial charge in [-0.1, -0.05) is 92.1 Å². The van der Waals surface area contributed by atoms with E-state index in [2.05, 4.69) is 48.5 Å². The Labute approximate surface area is 150 Å². The average Bonchev–Trinajstić information content (AvgIpc) is 2.70. The van der Waals surface area contributed by atoms with E-state index in [9.17, 15) is 5.11 Å². The molecule has 0 atom stereocenters. The Morgan fingerprint density at radius 2 is 1.24 bits per heavy atom. The molecule has 4 rings (SSSR count). The Balaban J connectivity index is 1.89. The minimum atomic E-state index is 0.417. The summed E-state index contributed by atoms with van der Waals surface area (Å²) in [4.78, 5) is 0. The van der Waals surface area contributed by atoms with Gasteiger partial charge in [-0.15, -0.1) is 0 Å². The van der Waals surface area contributed by atoms with E-state index in [4.69, 9.17) is 0 Å². The van der Waals surface area contributed by atoms with Gasteiger partial charge in [-0.25, -0.2) is 0 Å². The van der Waals surface area contributed by atoms with Crippen LogP contribution in [0.2, 0.25) is 0 Å². The zero-order chi connectivity index (χ0) is 17.1. The SMILES string of the molecule is Oc1c(-c2ccccc2)ccc(C2CCCCC2)c1-c1ccccc1. The van der Waals surface area contributed by atoms with Crippen LogP contribution in [0.5, 0.6) is 5.75 Å². The van der Waals surface area contributed by atoms with Crippen LogP contribution in [0.15, 0.2) is 72.8 Å². The molecule has 3 aromatic rings. The lowest BCUT2D eigenvalue weighted by Gasteiger charge is -2.26. The van der Waals surface area contributed by atoms with Crippen LogP contribution in [-0.4, -0.2) is 5.11 Å². The predicted octanol–water partition coefficient (Wildman–Crippen LogP) is 6.77. The number of aromatic hydroxyl groups is 1. The molecule has 0 saturated heterocycles. The summed E-state index contributed by atoms with van der Waals surface area (Å²) in [5, 5.41) is 11.2. The molecular formula is C24H24O. The molecule has 0 amide bonds. The summed E-state index contributed by atoms with van der Waals surface area (Å²) >= 11 is 0. The fraction of sp³-hybridized carbons (Fsp3) is 0.250. The van der Waals surface area contributed by atoms with Crippen molar-refractivity contribution in [3.05, 3.63) is 78.4 Å². The Bertz CT molecular complexity index is 831. The highest BCUT2D eigenvalue weighted by Crippen LogP contribution is 2.45. The van der Waals surface area contributed by atoms with Crippen LogP contribution in [-0.2, 0) is 0 Å². The van der Waals surface area contributed by atoms with Gasteiger partial charge in [0.15, 0.2) is 0 Å². The average molecular weight is 328 g/mol. The summed E-state index contributed by atoms with van der Waals surface area (Å²) in [7, 11) is 0. The van der Waals surface area contributed by atoms with Crippen LogP contribution in [0.4, 0.5) is 0 Å². The standard InChI is InChI=1S/C24H24O/c25-24-22(19-12-6-2-7-13-19)17-16-21(18-10-4-1-5-11-18)23(24)20-14-8-3-9-15-20/h2-3,6-9,12-18,25H,1,4-5,10-11H2. The van der Waals surface area contributed by atoms with Gasteiger partial charge in [-0.2, -0.15) is 0 Å². The molecular weight excluding hydrogens is 304 g/mol. The summed E-state index contributed by atoms with van der Waals surface area (Å²) in [5.74, 6) is 0.972. The highest BCUT2D eigenvalue weighted by atomic mass is 16.3. The monoisotopic (exact) mass is 328 g/mol. The third kappa shape index (κ3) is 3.19. The lowest BCUT2D eigenvalue weighted by atomic mass is 9.79. The first-order valence-corrected chi connectivity index (χ1v) is 9.31. The fourth-order valence-corrected chi connectivity index (χ4v) is 4.12. The van der Waals surface area contributed by atoms with Gasteiger partial charge in [0.25, 0.3) is 0 Å². The molecule has 126 valence electrons. The number of phenolic OH excluding ortho intramolecular Hbond substituents is 1. The third-order valence-corrected chi connectivity index (χ3v) is 5.40. The van der Waals surface area contributed by atoms with Crippen molar-refractivity contribution in [1.29, 1.82) is 0 Å². The van der Waals surface area contributed by atoms with E-state index in [1.807, 2.05) is 24.3 Å². The maximum atomic E-state index is 11.2. The highest BCUT2D eigenvalue weighted by molar-refractivity contribution is 5.84. The first-order chi connectivity index (χ1) is 12.3. The summed E-state index contributed by atoms with van der Waals surface area (Å²) in [6.45, 7) is 0. The second-order valence-electron chi connectivity index (χ2n) is 6.99. The van der Waals surface area contributed by atoms with Crippen LogP contribution in [0.1, 0.15) is 43.6 Å². The molecule has 0 bridgehead atoms. The van der Waals surface area contributed by atoms with Gasteiger partial charge < -0.3 is 5.11 Å². The molecule has 0 heterocycles. The van der Waals surface area contributed by atoms with E-state index in [0.29, 0.717) is 11.7 Å². The number of hydrogen-bond acceptors (Lipinski definition) is 1. The lowest BCUT2D eigenvalue weighted by Crippen LogP contribution is -2.06. The number of rotatable bonds is 3. The molecule has 0 aliphatic heterocycles. The van der Waals surface area contributed by atoms with Gasteiger partial charge in [-0.3, -0.25) is 0 Å². The third-order valence-electron chi connectivity index (χ3n) is 5.40. The zero-order valence-corrected chi connectivity index (χ0v) is 14.5. The van der Waals surface area contributed by atoms with Crippen LogP contribution < -0.4 is 0 Å². The summed E-state index contributed by atoms with van der Waals surface area (Å²) in [5.41, 5.74) is 5.42. The van der Waals surface area contributed by atoms with E-state index in [-0.39, 0.29) is 0 Å². The highest BCUT2D eigenvalue weighted by Gasteiger charge is 2.23. The molecule has 0 aromatic heterocycles. The maximum absolute atomic E-state index is 11.2. The minimum Gasteiger partial charge on any atom is -0.507 e. The molecule has 3 aromatic carbocycles. The topological polar surface area (TPSA) is 20.2 Å². The zero-order valence-electron chi connectivity index (χ0n) is 14.5. The van der Waals surface area contributed by atoms with Crippen molar-refractivity contribution in [3.8, 4) is 28.0 Å². The molecule has 0 spiro atoms. The van der Waals surface area contributed by atoms with Crippen molar-refractivity contribution in [2.75, 3.05) is 0 Å². The Kier molecular flexibility index (Phi) is 4.56. The van der Waals surface area contributed by atoms with Crippen molar-refractivity contribution in [2.24, 2.45) is 0 Å². The maximum Gasteiger partial charge on any atom is 0.131 e. The second-order valence-corrected chi connectivity index (χ2v) is 6.99. The second kappa shape index (κ2) is 7.14. The van der Waals surface area contributed by atoms with Crippen molar-refractivity contribution < 1.29 is 5.11 Å². The predicted molar refractivity (Wildman–Crippen MR) is 105 cm³/mol. The lowest BCUT2D eigenvalue weighted by molar-refractivity contribution is 0.440. The number of phenols is 1. The molecule has 1 aliphatic rings. The quantitative estimate of drug-likeness (QED) is 0.562. The van der Waals surface area contributed by atoms with Crippen molar-refractivity contribution in [2.45, 2.75) is 38.0 Å². The van der Waals surface area contributed by atoms with Gasteiger partial charge in [0.2, 0.25) is 0 Å². The largest absolute Gasteiger partial charge is 0.507 e. The van der Waals surface area contributed by atoms with E-state index < -0.39 is 0 Å². The van der Waals surface area contributed by atoms with Crippen molar-refractivity contribution in [1.82, 2.24) is 0 Å². The van der Waals surface area contributed by atoms with Gasteiger partial charge in [0.05, 0.1) is 0 Å². The molecule has 0 unspecified atom stereocenters. The number of hydrogen-bond donors (Lipinski definition) is 1. The molecule has 1 nitrogen and oxygen atoms in total. The molecule has 1 heteroatoms. The van der Waals surface area contributed by atoms with E-state index in [1.54, 1.807) is 0 Å². The van der Waals surface area contributed by atoms with Crippen LogP contribution in [0.3, 0.4) is 0 Å². The Morgan fingerprint density at radius 3 is 1.88 bits per heavy atom. The first kappa shape index (κ1) is 16.0. The van der Waals surface area contributed by atoms with Gasteiger partial charge >= 0.3 is 0 Å². The first-order valence-electron chi connectivity index (χ1n) is 9.31. The summed E-state index contributed by atoms with van der Waals surface area (Å²) in [6, 6.07) is 24.9. The molecule has 1 saturated carbocycles. The van der Waals surface area contributed by atoms with Gasteiger partial charge in [0, 0.05) is 11.1 Å². The Hall–Kier alpha value is -2.54. The van der Waals surface area contributed by atoms with E-state index in [1.165, 1.54) is 37.7 Å². The van der Waals surface area contributed by atoms with Crippen LogP contribution in [0, 0.1) is 0 Å². The fourth-order valence-electron chi connectivity index (χ4n) is 4.12. The molecule has 1 N–H and O–H groups in total. The molecule has 0 radical (unpaired) electrons. The van der Waals surface area contributed by atoms with Crippen molar-refractivity contribution >= 4 is 0 Å². The summed E-state index contributed by atoms with van der Waals surface area (Å²) in [6.07, 6.45) is 6.37. The van der Waals surface area contributed by atoms with Crippen LogP contribution in [0.25, 0.3) is 22.3 Å². The van der Waals surface area contributed by atoms with E-state index >= 15 is 0 Å². The number of benzene rings is 3. The Morgan fingerprint density at radius 1 is 0.640 bits per heavy atom.